The second-order valence-electron chi connectivity index (χ2n) is 6.63. The van der Waals surface area contributed by atoms with Gasteiger partial charge in [0.25, 0.3) is 0 Å². The first-order valence-electron chi connectivity index (χ1n) is 7.89. The first-order chi connectivity index (χ1) is 9.63. The lowest BCUT2D eigenvalue weighted by Gasteiger charge is -2.44. The number of nitrogens with one attached hydrogen (secondary N) is 1. The predicted molar refractivity (Wildman–Crippen MR) is 83.5 cm³/mol. The van der Waals surface area contributed by atoms with Gasteiger partial charge in [0.15, 0.2) is 0 Å². The van der Waals surface area contributed by atoms with Gasteiger partial charge in [0.2, 0.25) is 0 Å². The highest BCUT2D eigenvalue weighted by atomic mass is 16.3. The van der Waals surface area contributed by atoms with Crippen LogP contribution >= 0.6 is 0 Å². The van der Waals surface area contributed by atoms with Crippen LogP contribution in [0.25, 0.3) is 0 Å². The molecule has 2 saturated heterocycles. The zero-order chi connectivity index (χ0) is 14.1. The molecule has 1 aromatic carbocycles. The van der Waals surface area contributed by atoms with Gasteiger partial charge in [0.1, 0.15) is 5.75 Å². The molecule has 3 rings (SSSR count). The van der Waals surface area contributed by atoms with Crippen molar-refractivity contribution < 1.29 is 5.11 Å². The molecular weight excluding hydrogens is 248 g/mol. The van der Waals surface area contributed by atoms with Crippen LogP contribution in [-0.2, 0) is 0 Å². The lowest BCUT2D eigenvalue weighted by molar-refractivity contribution is 0.266. The minimum Gasteiger partial charge on any atom is -0.508 e. The normalized spacial score (nSPS) is 21.0. The molecule has 2 aliphatic heterocycles. The summed E-state index contributed by atoms with van der Waals surface area (Å²) in [5.74, 6) is 2.19. The molecule has 2 fully saturated rings. The lowest BCUT2D eigenvalue weighted by Crippen LogP contribution is -2.48. The van der Waals surface area contributed by atoms with Crippen molar-refractivity contribution in [2.45, 2.75) is 33.1 Å². The fourth-order valence-corrected chi connectivity index (χ4v) is 3.92. The topological polar surface area (TPSA) is 35.5 Å². The average Bonchev–Trinajstić information content (AvgIpc) is 2.35. The third-order valence-electron chi connectivity index (χ3n) is 4.87. The summed E-state index contributed by atoms with van der Waals surface area (Å²) >= 11 is 0. The first kappa shape index (κ1) is 13.7. The molecule has 3 nitrogen and oxygen atoms in total. The number of benzene rings is 1. The van der Waals surface area contributed by atoms with Gasteiger partial charge >= 0.3 is 0 Å². The Morgan fingerprint density at radius 2 is 1.70 bits per heavy atom. The lowest BCUT2D eigenvalue weighted by atomic mass is 9.83. The van der Waals surface area contributed by atoms with E-state index in [1.807, 2.05) is 12.1 Å². The van der Waals surface area contributed by atoms with Crippen LogP contribution in [0.1, 0.15) is 30.4 Å². The van der Waals surface area contributed by atoms with Gasteiger partial charge in [0.05, 0.1) is 0 Å². The van der Waals surface area contributed by atoms with E-state index in [1.165, 1.54) is 62.3 Å². The van der Waals surface area contributed by atoms with Crippen molar-refractivity contribution in [3.05, 3.63) is 23.3 Å². The number of nitrogens with zero attached hydrogens (tertiary/aromatic N) is 1. The second-order valence-corrected chi connectivity index (χ2v) is 6.63. The smallest absolute Gasteiger partial charge is 0.116 e. The Balaban J connectivity index is 1.57. The minimum absolute atomic E-state index is 0.385. The van der Waals surface area contributed by atoms with Gasteiger partial charge in [-0.05, 0) is 81.3 Å². The zero-order valence-electron chi connectivity index (χ0n) is 12.7. The second kappa shape index (κ2) is 5.65. The molecule has 0 bridgehead atoms. The first-order valence-corrected chi connectivity index (χ1v) is 7.89. The average molecular weight is 274 g/mol. The van der Waals surface area contributed by atoms with Gasteiger partial charge < -0.3 is 15.3 Å². The number of aryl methyl sites for hydroxylation is 2. The molecule has 20 heavy (non-hydrogen) atoms. The van der Waals surface area contributed by atoms with Crippen molar-refractivity contribution >= 4 is 5.69 Å². The zero-order valence-corrected chi connectivity index (χ0v) is 12.7. The van der Waals surface area contributed by atoms with Crippen LogP contribution in [0.4, 0.5) is 5.69 Å². The van der Waals surface area contributed by atoms with Gasteiger partial charge in [0, 0.05) is 18.8 Å². The number of rotatable bonds is 3. The number of hydrogen-bond acceptors (Lipinski definition) is 3. The quantitative estimate of drug-likeness (QED) is 0.889. The van der Waals surface area contributed by atoms with Crippen LogP contribution in [0, 0.1) is 25.7 Å². The van der Waals surface area contributed by atoms with E-state index in [0.29, 0.717) is 5.75 Å². The van der Waals surface area contributed by atoms with E-state index in [2.05, 4.69) is 24.1 Å². The molecule has 0 spiro atoms. The molecular formula is C17H26N2O. The van der Waals surface area contributed by atoms with Crippen molar-refractivity contribution in [1.29, 1.82) is 0 Å². The molecule has 2 N–H and O–H groups in total. The number of phenols is 1. The molecule has 2 aliphatic rings. The summed E-state index contributed by atoms with van der Waals surface area (Å²) in [5.41, 5.74) is 3.73. The maximum absolute atomic E-state index is 9.63. The van der Waals surface area contributed by atoms with E-state index < -0.39 is 0 Å². The van der Waals surface area contributed by atoms with E-state index in [-0.39, 0.29) is 0 Å². The van der Waals surface area contributed by atoms with Gasteiger partial charge in [-0.25, -0.2) is 0 Å². The molecule has 0 unspecified atom stereocenters. The molecule has 0 radical (unpaired) electrons. The third kappa shape index (κ3) is 2.78. The molecule has 0 aliphatic carbocycles. The molecule has 1 aromatic rings. The molecule has 3 heteroatoms. The van der Waals surface area contributed by atoms with Crippen LogP contribution < -0.4 is 10.2 Å². The maximum atomic E-state index is 9.63. The van der Waals surface area contributed by atoms with Crippen LogP contribution in [-0.4, -0.2) is 31.3 Å². The minimum atomic E-state index is 0.385. The number of aromatic hydroxyl groups is 1. The maximum Gasteiger partial charge on any atom is 0.116 e. The number of hydrogen-bond donors (Lipinski definition) is 2. The third-order valence-corrected chi connectivity index (χ3v) is 4.87. The SMILES string of the molecule is Cc1cc(O)cc(C)c1N1CC(CC2CCNCC2)C1. The fourth-order valence-electron chi connectivity index (χ4n) is 3.92. The Bertz CT molecular complexity index is 451. The van der Waals surface area contributed by atoms with Gasteiger partial charge in [-0.2, -0.15) is 0 Å². The van der Waals surface area contributed by atoms with Crippen molar-refractivity contribution in [3.8, 4) is 5.75 Å². The highest BCUT2D eigenvalue weighted by molar-refractivity contribution is 5.62. The van der Waals surface area contributed by atoms with Gasteiger partial charge in [-0.15, -0.1) is 0 Å². The van der Waals surface area contributed by atoms with Crippen molar-refractivity contribution in [2.75, 3.05) is 31.1 Å². The standard InChI is InChI=1S/C17H26N2O/c1-12-7-16(20)8-13(2)17(12)19-10-15(11-19)9-14-3-5-18-6-4-14/h7-8,14-15,18,20H,3-6,9-11H2,1-2H3. The monoisotopic (exact) mass is 274 g/mol. The molecule has 0 atom stereocenters. The summed E-state index contributed by atoms with van der Waals surface area (Å²) in [5, 5.41) is 13.1. The Morgan fingerprint density at radius 1 is 1.10 bits per heavy atom. The molecule has 2 heterocycles. The van der Waals surface area contributed by atoms with E-state index >= 15 is 0 Å². The van der Waals surface area contributed by atoms with Crippen LogP contribution in [0.3, 0.4) is 0 Å². The summed E-state index contributed by atoms with van der Waals surface area (Å²) in [6, 6.07) is 3.75. The number of phenolic OH excluding ortho intramolecular Hbond substituents is 1. The van der Waals surface area contributed by atoms with Crippen molar-refractivity contribution in [3.63, 3.8) is 0 Å². The van der Waals surface area contributed by atoms with Crippen molar-refractivity contribution in [1.82, 2.24) is 5.32 Å². The van der Waals surface area contributed by atoms with E-state index in [0.717, 1.165) is 11.8 Å². The highest BCUT2D eigenvalue weighted by Crippen LogP contribution is 2.36. The van der Waals surface area contributed by atoms with E-state index in [9.17, 15) is 5.11 Å². The largest absolute Gasteiger partial charge is 0.508 e. The summed E-state index contributed by atoms with van der Waals surface area (Å²) in [6.07, 6.45) is 4.11. The molecule has 0 amide bonds. The van der Waals surface area contributed by atoms with Crippen LogP contribution in [0.2, 0.25) is 0 Å². The summed E-state index contributed by atoms with van der Waals surface area (Å²) < 4.78 is 0. The highest BCUT2D eigenvalue weighted by Gasteiger charge is 2.31. The Labute approximate surface area is 122 Å². The van der Waals surface area contributed by atoms with Crippen LogP contribution in [0.15, 0.2) is 12.1 Å². The summed E-state index contributed by atoms with van der Waals surface area (Å²) in [7, 11) is 0. The van der Waals surface area contributed by atoms with E-state index in [4.69, 9.17) is 0 Å². The molecule has 110 valence electrons. The van der Waals surface area contributed by atoms with Crippen molar-refractivity contribution in [2.24, 2.45) is 11.8 Å². The van der Waals surface area contributed by atoms with Gasteiger partial charge in [-0.3, -0.25) is 0 Å². The molecule has 0 aromatic heterocycles. The summed E-state index contributed by atoms with van der Waals surface area (Å²) in [4.78, 5) is 2.48. The van der Waals surface area contributed by atoms with Gasteiger partial charge in [-0.1, -0.05) is 0 Å². The predicted octanol–water partition coefficient (Wildman–Crippen LogP) is 2.83. The number of anilines is 1. The molecule has 0 saturated carbocycles. The Kier molecular flexibility index (Phi) is 3.88. The Hall–Kier alpha value is -1.22. The van der Waals surface area contributed by atoms with E-state index in [1.54, 1.807) is 0 Å². The number of piperidine rings is 1. The Morgan fingerprint density at radius 3 is 2.30 bits per heavy atom. The van der Waals surface area contributed by atoms with Crippen LogP contribution in [0.5, 0.6) is 5.75 Å². The fraction of sp³-hybridized carbons (Fsp3) is 0.647. The summed E-state index contributed by atoms with van der Waals surface area (Å²) in [6.45, 7) is 8.99.